The Balaban J connectivity index is 0. The zero-order valence-corrected chi connectivity index (χ0v) is 22.5. The Labute approximate surface area is 204 Å². The first-order valence-electron chi connectivity index (χ1n) is 12.0. The average Bonchev–Trinajstić information content (AvgIpc) is 2.64. The quantitative estimate of drug-likeness (QED) is 0.167. The minimum atomic E-state index is -4.19. The van der Waals surface area contributed by atoms with E-state index in [9.17, 15) is 18.1 Å². The SMILES string of the molecule is CCCCCCCCCCCC(CCCCCC(O)CCCCC)S(=O)(=O)[O-].[Na+]. The van der Waals surface area contributed by atoms with Crippen molar-refractivity contribution >= 4 is 10.1 Å². The molecule has 6 heteroatoms. The van der Waals surface area contributed by atoms with E-state index in [-0.39, 0.29) is 35.7 Å². The molecule has 0 aliphatic carbocycles. The van der Waals surface area contributed by atoms with Gasteiger partial charge in [-0.2, -0.15) is 0 Å². The topological polar surface area (TPSA) is 77.4 Å². The molecule has 0 saturated carbocycles. The third-order valence-corrected chi connectivity index (χ3v) is 7.03. The van der Waals surface area contributed by atoms with E-state index in [2.05, 4.69) is 13.8 Å². The Morgan fingerprint density at radius 1 is 0.621 bits per heavy atom. The Bertz CT molecular complexity index is 429. The van der Waals surface area contributed by atoms with Gasteiger partial charge in [-0.15, -0.1) is 0 Å². The first kappa shape index (κ1) is 32.1. The average molecular weight is 443 g/mol. The van der Waals surface area contributed by atoms with Crippen molar-refractivity contribution in [3.05, 3.63) is 0 Å². The first-order chi connectivity index (χ1) is 13.4. The molecule has 4 nitrogen and oxygen atoms in total. The molecule has 0 bridgehead atoms. The normalized spacial score (nSPS) is 13.8. The van der Waals surface area contributed by atoms with Crippen molar-refractivity contribution in [3.63, 3.8) is 0 Å². The van der Waals surface area contributed by atoms with E-state index in [0.717, 1.165) is 64.2 Å². The van der Waals surface area contributed by atoms with Crippen LogP contribution in [0.3, 0.4) is 0 Å². The molecule has 2 atom stereocenters. The minimum Gasteiger partial charge on any atom is -0.748 e. The fourth-order valence-corrected chi connectivity index (χ4v) is 4.73. The summed E-state index contributed by atoms with van der Waals surface area (Å²) >= 11 is 0. The molecule has 1 N–H and O–H groups in total. The standard InChI is InChI=1S/C23H48O4S.Na/c1-3-5-7-8-9-10-11-12-16-20-23(28(25,26)27)21-17-13-15-19-22(24)18-14-6-4-2;/h22-24H,3-21H2,1-2H3,(H,25,26,27);/q;+1/p-1. The predicted molar refractivity (Wildman–Crippen MR) is 119 cm³/mol. The van der Waals surface area contributed by atoms with Gasteiger partial charge in [0.2, 0.25) is 0 Å². The van der Waals surface area contributed by atoms with Crippen LogP contribution in [0.25, 0.3) is 0 Å². The van der Waals surface area contributed by atoms with E-state index in [0.29, 0.717) is 12.8 Å². The molecule has 0 heterocycles. The molecule has 0 saturated heterocycles. The summed E-state index contributed by atoms with van der Waals surface area (Å²) in [4.78, 5) is 0. The molecule has 0 rings (SSSR count). The van der Waals surface area contributed by atoms with E-state index < -0.39 is 15.4 Å². The molecule has 0 aromatic carbocycles. The maximum atomic E-state index is 11.5. The summed E-state index contributed by atoms with van der Waals surface area (Å²) in [5.74, 6) is 0. The van der Waals surface area contributed by atoms with Crippen molar-refractivity contribution in [1.29, 1.82) is 0 Å². The van der Waals surface area contributed by atoms with E-state index in [1.165, 1.54) is 44.9 Å². The van der Waals surface area contributed by atoms with Crippen LogP contribution in [0.2, 0.25) is 0 Å². The van der Waals surface area contributed by atoms with Crippen LogP contribution in [0.4, 0.5) is 0 Å². The Morgan fingerprint density at radius 3 is 1.38 bits per heavy atom. The summed E-state index contributed by atoms with van der Waals surface area (Å²) in [6.45, 7) is 4.38. The molecule has 0 aliphatic heterocycles. The fraction of sp³-hybridized carbons (Fsp3) is 1.00. The molecule has 0 aromatic rings. The molecular weight excluding hydrogens is 395 g/mol. The van der Waals surface area contributed by atoms with Crippen molar-refractivity contribution in [3.8, 4) is 0 Å². The van der Waals surface area contributed by atoms with E-state index in [1.54, 1.807) is 0 Å². The number of hydrogen-bond donors (Lipinski definition) is 1. The maximum absolute atomic E-state index is 11.5. The number of hydrogen-bond acceptors (Lipinski definition) is 4. The van der Waals surface area contributed by atoms with Gasteiger partial charge in [0.05, 0.1) is 16.2 Å². The molecular formula is C23H47NaO4S. The van der Waals surface area contributed by atoms with Gasteiger partial charge in [0.1, 0.15) is 0 Å². The fourth-order valence-electron chi connectivity index (χ4n) is 3.82. The van der Waals surface area contributed by atoms with Gasteiger partial charge in [-0.25, -0.2) is 8.42 Å². The molecule has 0 spiro atoms. The van der Waals surface area contributed by atoms with Gasteiger partial charge >= 0.3 is 29.6 Å². The molecule has 0 amide bonds. The van der Waals surface area contributed by atoms with Gasteiger partial charge in [0.15, 0.2) is 0 Å². The van der Waals surface area contributed by atoms with Crippen molar-refractivity contribution in [1.82, 2.24) is 0 Å². The van der Waals surface area contributed by atoms with E-state index in [4.69, 9.17) is 0 Å². The van der Waals surface area contributed by atoms with Crippen molar-refractivity contribution < 1.29 is 47.6 Å². The largest absolute Gasteiger partial charge is 1.00 e. The van der Waals surface area contributed by atoms with E-state index >= 15 is 0 Å². The first-order valence-corrected chi connectivity index (χ1v) is 13.5. The Hall–Kier alpha value is 0.870. The molecule has 2 unspecified atom stereocenters. The third-order valence-electron chi connectivity index (χ3n) is 5.74. The van der Waals surface area contributed by atoms with Gasteiger partial charge < -0.3 is 9.66 Å². The van der Waals surface area contributed by atoms with Gasteiger partial charge in [-0.3, -0.25) is 0 Å². The summed E-state index contributed by atoms with van der Waals surface area (Å²) in [6.07, 6.45) is 19.1. The molecule has 170 valence electrons. The molecule has 0 radical (unpaired) electrons. The second kappa shape index (κ2) is 22.1. The zero-order valence-electron chi connectivity index (χ0n) is 19.7. The van der Waals surface area contributed by atoms with Crippen LogP contribution in [0.5, 0.6) is 0 Å². The summed E-state index contributed by atoms with van der Waals surface area (Å²) in [7, 11) is -4.19. The number of aliphatic hydroxyl groups is 1. The Kier molecular flexibility index (Phi) is 24.4. The van der Waals surface area contributed by atoms with E-state index in [1.807, 2.05) is 0 Å². The van der Waals surface area contributed by atoms with Crippen LogP contribution >= 0.6 is 0 Å². The van der Waals surface area contributed by atoms with Crippen LogP contribution in [0.1, 0.15) is 136 Å². The monoisotopic (exact) mass is 442 g/mol. The van der Waals surface area contributed by atoms with Crippen LogP contribution in [0, 0.1) is 0 Å². The second-order valence-corrected chi connectivity index (χ2v) is 10.2. The molecule has 0 aromatic heterocycles. The maximum Gasteiger partial charge on any atom is 1.00 e. The van der Waals surface area contributed by atoms with Gasteiger partial charge in [-0.1, -0.05) is 110 Å². The van der Waals surface area contributed by atoms with Crippen LogP contribution in [-0.4, -0.2) is 29.4 Å². The van der Waals surface area contributed by atoms with Crippen LogP contribution < -0.4 is 29.6 Å². The predicted octanol–water partition coefficient (Wildman–Crippen LogP) is 3.72. The van der Waals surface area contributed by atoms with Crippen LogP contribution in [0.15, 0.2) is 0 Å². The summed E-state index contributed by atoms with van der Waals surface area (Å²) in [5, 5.41) is 9.20. The van der Waals surface area contributed by atoms with Crippen molar-refractivity contribution in [2.45, 2.75) is 147 Å². The number of rotatable bonds is 21. The van der Waals surface area contributed by atoms with Gasteiger partial charge in [-0.05, 0) is 25.7 Å². The van der Waals surface area contributed by atoms with Gasteiger partial charge in [0.25, 0.3) is 0 Å². The zero-order chi connectivity index (χ0) is 21.1. The summed E-state index contributed by atoms with van der Waals surface area (Å²) in [6, 6.07) is 0. The molecule has 0 aliphatic rings. The number of aliphatic hydroxyl groups excluding tert-OH is 1. The third kappa shape index (κ3) is 21.9. The minimum absolute atomic E-state index is 0. The smallest absolute Gasteiger partial charge is 0.748 e. The van der Waals surface area contributed by atoms with Gasteiger partial charge in [0, 0.05) is 5.25 Å². The Morgan fingerprint density at radius 2 is 0.931 bits per heavy atom. The van der Waals surface area contributed by atoms with Crippen molar-refractivity contribution in [2.75, 3.05) is 0 Å². The van der Waals surface area contributed by atoms with Crippen LogP contribution in [-0.2, 0) is 10.1 Å². The van der Waals surface area contributed by atoms with Crippen molar-refractivity contribution in [2.24, 2.45) is 0 Å². The summed E-state index contributed by atoms with van der Waals surface area (Å²) < 4.78 is 34.6. The molecule has 0 fully saturated rings. The number of unbranched alkanes of at least 4 members (excludes halogenated alkanes) is 12. The summed E-state index contributed by atoms with van der Waals surface area (Å²) in [5.41, 5.74) is 0. The second-order valence-electron chi connectivity index (χ2n) is 8.52. The molecule has 29 heavy (non-hydrogen) atoms.